The van der Waals surface area contributed by atoms with Crippen LogP contribution < -0.4 is 10.6 Å². The second-order valence-electron chi connectivity index (χ2n) is 3.77. The van der Waals surface area contributed by atoms with Crippen LogP contribution >= 0.6 is 0 Å². The number of carbonyl (C=O) groups excluding carboxylic acids is 1. The van der Waals surface area contributed by atoms with Crippen molar-refractivity contribution >= 4 is 5.91 Å². The Balaban J connectivity index is 2.21. The van der Waals surface area contributed by atoms with Gasteiger partial charge in [0.25, 0.3) is 5.91 Å². The first-order chi connectivity index (χ1) is 8.13. The maximum Gasteiger partial charge on any atom is 0.291 e. The van der Waals surface area contributed by atoms with Crippen molar-refractivity contribution in [2.75, 3.05) is 19.6 Å². The van der Waals surface area contributed by atoms with Crippen molar-refractivity contribution < 1.29 is 9.90 Å². The number of aromatic amines is 1. The van der Waals surface area contributed by atoms with Gasteiger partial charge in [-0.3, -0.25) is 9.89 Å². The van der Waals surface area contributed by atoms with E-state index in [9.17, 15) is 4.79 Å². The third kappa shape index (κ3) is 4.92. The monoisotopic (exact) mass is 241 g/mol. The van der Waals surface area contributed by atoms with Crippen LogP contribution in [-0.4, -0.2) is 51.9 Å². The van der Waals surface area contributed by atoms with Gasteiger partial charge in [-0.2, -0.15) is 0 Å². The van der Waals surface area contributed by atoms with Crippen LogP contribution in [0, 0.1) is 0 Å². The van der Waals surface area contributed by atoms with Crippen LogP contribution in [0.25, 0.3) is 0 Å². The summed E-state index contributed by atoms with van der Waals surface area (Å²) in [4.78, 5) is 15.6. The van der Waals surface area contributed by atoms with E-state index in [0.29, 0.717) is 25.5 Å². The fraction of sp³-hybridized carbons (Fsp3) is 0.700. The zero-order valence-electron chi connectivity index (χ0n) is 10.2. The molecule has 0 saturated heterocycles. The molecule has 0 spiro atoms. The standard InChI is InChI=1S/C10H19N5O2/c1-3-8-13-9(15-14-8)10(17)12-5-4-11-6-7(2)16/h7,11,16H,3-6H2,1-2H3,(H,12,17)(H,13,14,15). The van der Waals surface area contributed by atoms with Crippen molar-refractivity contribution in [1.82, 2.24) is 25.8 Å². The molecule has 0 bridgehead atoms. The third-order valence-electron chi connectivity index (χ3n) is 2.10. The quantitative estimate of drug-likeness (QED) is 0.462. The molecule has 17 heavy (non-hydrogen) atoms. The van der Waals surface area contributed by atoms with Gasteiger partial charge in [0.2, 0.25) is 5.82 Å². The van der Waals surface area contributed by atoms with E-state index in [1.807, 2.05) is 6.92 Å². The fourth-order valence-corrected chi connectivity index (χ4v) is 1.21. The summed E-state index contributed by atoms with van der Waals surface area (Å²) >= 11 is 0. The second kappa shape index (κ2) is 6.97. The predicted octanol–water partition coefficient (Wildman–Crippen LogP) is -0.933. The molecule has 1 rings (SSSR count). The van der Waals surface area contributed by atoms with E-state index in [0.717, 1.165) is 6.42 Å². The van der Waals surface area contributed by atoms with Crippen LogP contribution in [0.2, 0.25) is 0 Å². The normalized spacial score (nSPS) is 12.4. The van der Waals surface area contributed by atoms with E-state index in [4.69, 9.17) is 5.11 Å². The highest BCUT2D eigenvalue weighted by Gasteiger charge is 2.10. The summed E-state index contributed by atoms with van der Waals surface area (Å²) in [7, 11) is 0. The first kappa shape index (κ1) is 13.6. The molecule has 0 aliphatic heterocycles. The largest absolute Gasteiger partial charge is 0.392 e. The Morgan fingerprint density at radius 1 is 1.53 bits per heavy atom. The minimum Gasteiger partial charge on any atom is -0.392 e. The molecule has 7 heteroatoms. The SMILES string of the molecule is CCc1nc(C(=O)NCCNCC(C)O)n[nH]1. The number of nitrogens with one attached hydrogen (secondary N) is 3. The number of amides is 1. The van der Waals surface area contributed by atoms with Crippen molar-refractivity contribution in [3.63, 3.8) is 0 Å². The van der Waals surface area contributed by atoms with E-state index in [-0.39, 0.29) is 17.8 Å². The summed E-state index contributed by atoms with van der Waals surface area (Å²) in [6, 6.07) is 0. The van der Waals surface area contributed by atoms with Gasteiger partial charge in [-0.15, -0.1) is 5.10 Å². The molecule has 1 amide bonds. The Labute approximate surface area is 100 Å². The van der Waals surface area contributed by atoms with Crippen molar-refractivity contribution in [1.29, 1.82) is 0 Å². The lowest BCUT2D eigenvalue weighted by molar-refractivity contribution is 0.0943. The van der Waals surface area contributed by atoms with Gasteiger partial charge in [-0.25, -0.2) is 4.98 Å². The minimum atomic E-state index is -0.383. The van der Waals surface area contributed by atoms with Gasteiger partial charge >= 0.3 is 0 Å². The Morgan fingerprint density at radius 3 is 2.88 bits per heavy atom. The molecule has 4 N–H and O–H groups in total. The molecule has 0 saturated carbocycles. The molecule has 1 heterocycles. The summed E-state index contributed by atoms with van der Waals surface area (Å²) in [5, 5.41) is 21.2. The first-order valence-electron chi connectivity index (χ1n) is 5.71. The number of nitrogens with zero attached hydrogens (tertiary/aromatic N) is 2. The van der Waals surface area contributed by atoms with Crippen molar-refractivity contribution in [2.24, 2.45) is 0 Å². The lowest BCUT2D eigenvalue weighted by Crippen LogP contribution is -2.34. The van der Waals surface area contributed by atoms with Crippen LogP contribution in [-0.2, 0) is 6.42 Å². The molecule has 0 fully saturated rings. The number of aliphatic hydroxyl groups excluding tert-OH is 1. The number of aromatic nitrogens is 3. The third-order valence-corrected chi connectivity index (χ3v) is 2.10. The molecule has 0 aliphatic carbocycles. The van der Waals surface area contributed by atoms with Gasteiger partial charge in [0.15, 0.2) is 0 Å². The van der Waals surface area contributed by atoms with Gasteiger partial charge in [-0.05, 0) is 6.92 Å². The van der Waals surface area contributed by atoms with E-state index < -0.39 is 0 Å². The number of aliphatic hydroxyl groups is 1. The van der Waals surface area contributed by atoms with E-state index in [1.165, 1.54) is 0 Å². The molecule has 0 aromatic carbocycles. The molecule has 1 atom stereocenters. The molecule has 0 aliphatic rings. The Hall–Kier alpha value is -1.47. The van der Waals surface area contributed by atoms with Crippen LogP contribution in [0.5, 0.6) is 0 Å². The lowest BCUT2D eigenvalue weighted by Gasteiger charge is -2.06. The van der Waals surface area contributed by atoms with Crippen LogP contribution in [0.15, 0.2) is 0 Å². The fourth-order valence-electron chi connectivity index (χ4n) is 1.21. The summed E-state index contributed by atoms with van der Waals surface area (Å²) < 4.78 is 0. The van der Waals surface area contributed by atoms with E-state index in [2.05, 4.69) is 25.8 Å². The summed E-state index contributed by atoms with van der Waals surface area (Å²) in [6.45, 7) is 5.22. The van der Waals surface area contributed by atoms with Crippen LogP contribution in [0.3, 0.4) is 0 Å². The smallest absolute Gasteiger partial charge is 0.291 e. The molecular formula is C10H19N5O2. The average molecular weight is 241 g/mol. The summed E-state index contributed by atoms with van der Waals surface area (Å²) in [6.07, 6.45) is 0.335. The van der Waals surface area contributed by atoms with Crippen LogP contribution in [0.4, 0.5) is 0 Å². The maximum absolute atomic E-state index is 11.5. The Kier molecular flexibility index (Phi) is 5.58. The van der Waals surface area contributed by atoms with Gasteiger partial charge in [0.1, 0.15) is 5.82 Å². The van der Waals surface area contributed by atoms with Crippen molar-refractivity contribution in [2.45, 2.75) is 26.4 Å². The molecule has 96 valence electrons. The van der Waals surface area contributed by atoms with Crippen molar-refractivity contribution in [3.8, 4) is 0 Å². The predicted molar refractivity (Wildman–Crippen MR) is 62.6 cm³/mol. The van der Waals surface area contributed by atoms with E-state index in [1.54, 1.807) is 6.92 Å². The van der Waals surface area contributed by atoms with Gasteiger partial charge < -0.3 is 15.7 Å². The molecule has 7 nitrogen and oxygen atoms in total. The van der Waals surface area contributed by atoms with Crippen molar-refractivity contribution in [3.05, 3.63) is 11.6 Å². The number of hydrogen-bond donors (Lipinski definition) is 4. The Bertz CT molecular complexity index is 350. The lowest BCUT2D eigenvalue weighted by atomic mass is 10.4. The van der Waals surface area contributed by atoms with Crippen LogP contribution in [0.1, 0.15) is 30.3 Å². The molecule has 0 radical (unpaired) electrons. The number of aryl methyl sites for hydroxylation is 1. The number of rotatable bonds is 7. The minimum absolute atomic E-state index is 0.164. The topological polar surface area (TPSA) is 103 Å². The summed E-state index contributed by atoms with van der Waals surface area (Å²) in [5.74, 6) is 0.569. The molecule has 1 unspecified atom stereocenters. The second-order valence-corrected chi connectivity index (χ2v) is 3.77. The summed E-state index contributed by atoms with van der Waals surface area (Å²) in [5.41, 5.74) is 0. The molecular weight excluding hydrogens is 222 g/mol. The molecule has 1 aromatic heterocycles. The highest BCUT2D eigenvalue weighted by molar-refractivity contribution is 5.90. The van der Waals surface area contributed by atoms with E-state index >= 15 is 0 Å². The zero-order chi connectivity index (χ0) is 12.7. The highest BCUT2D eigenvalue weighted by Crippen LogP contribution is 1.92. The first-order valence-corrected chi connectivity index (χ1v) is 5.71. The van der Waals surface area contributed by atoms with Gasteiger partial charge in [-0.1, -0.05) is 6.92 Å². The number of H-pyrrole nitrogens is 1. The van der Waals surface area contributed by atoms with Gasteiger partial charge in [0.05, 0.1) is 6.10 Å². The zero-order valence-corrected chi connectivity index (χ0v) is 10.2. The highest BCUT2D eigenvalue weighted by atomic mass is 16.3. The molecule has 1 aromatic rings. The number of carbonyl (C=O) groups is 1. The van der Waals surface area contributed by atoms with Gasteiger partial charge in [0, 0.05) is 26.1 Å². The number of hydrogen-bond acceptors (Lipinski definition) is 5. The maximum atomic E-state index is 11.5. The average Bonchev–Trinajstić information content (AvgIpc) is 2.76. The Morgan fingerprint density at radius 2 is 2.29 bits per heavy atom.